The summed E-state index contributed by atoms with van der Waals surface area (Å²) in [6, 6.07) is 10.7. The highest BCUT2D eigenvalue weighted by molar-refractivity contribution is 5.93. The standard InChI is InChI=1S/C19H15N5O3/c25-18(23-27)13-3-1-12(2-4-13)11-24-6-5-14-7-15(8-20-17(14)24)16-9-21-19(26)22-10-16/h1-10,27H,11H2,(H,23,25)(H,21,22,26). The summed E-state index contributed by atoms with van der Waals surface area (Å²) in [6.45, 7) is 0.596. The van der Waals surface area contributed by atoms with Crippen molar-refractivity contribution in [3.05, 3.63) is 72.3 Å². The summed E-state index contributed by atoms with van der Waals surface area (Å²) in [6.07, 6.45) is 6.78. The topological polar surface area (TPSA) is 113 Å². The van der Waals surface area contributed by atoms with Crippen LogP contribution in [0.1, 0.15) is 15.9 Å². The van der Waals surface area contributed by atoms with Gasteiger partial charge in [-0.05, 0) is 29.8 Å². The molecule has 0 saturated heterocycles. The van der Waals surface area contributed by atoms with Crippen molar-refractivity contribution in [1.82, 2.24) is 25.0 Å². The van der Waals surface area contributed by atoms with Crippen LogP contribution in [-0.2, 0) is 6.54 Å². The van der Waals surface area contributed by atoms with E-state index in [2.05, 4.69) is 15.0 Å². The van der Waals surface area contributed by atoms with Gasteiger partial charge in [0.25, 0.3) is 5.91 Å². The van der Waals surface area contributed by atoms with E-state index in [-0.39, 0.29) is 6.01 Å². The fourth-order valence-electron chi connectivity index (χ4n) is 2.86. The summed E-state index contributed by atoms with van der Waals surface area (Å²) in [5.41, 5.74) is 5.46. The second-order valence-corrected chi connectivity index (χ2v) is 5.99. The molecular weight excluding hydrogens is 346 g/mol. The number of pyridine rings is 1. The number of hydrogen-bond donors (Lipinski definition) is 3. The molecule has 1 amide bonds. The lowest BCUT2D eigenvalue weighted by Gasteiger charge is -2.07. The molecule has 0 radical (unpaired) electrons. The lowest BCUT2D eigenvalue weighted by atomic mass is 10.1. The monoisotopic (exact) mass is 361 g/mol. The molecule has 8 heteroatoms. The normalized spacial score (nSPS) is 10.9. The molecule has 0 saturated carbocycles. The molecular formula is C19H15N5O3. The third-order valence-corrected chi connectivity index (χ3v) is 4.24. The van der Waals surface area contributed by atoms with Crippen LogP contribution in [0.15, 0.2) is 61.2 Å². The minimum absolute atomic E-state index is 0.263. The van der Waals surface area contributed by atoms with Gasteiger partial charge in [0.05, 0.1) is 0 Å². The number of fused-ring (bicyclic) bond motifs is 1. The van der Waals surface area contributed by atoms with Gasteiger partial charge >= 0.3 is 6.01 Å². The molecule has 8 nitrogen and oxygen atoms in total. The number of benzene rings is 1. The Morgan fingerprint density at radius 2 is 1.70 bits per heavy atom. The Labute approximate surface area is 153 Å². The van der Waals surface area contributed by atoms with E-state index in [0.717, 1.165) is 27.7 Å². The largest absolute Gasteiger partial charge is 0.479 e. The lowest BCUT2D eigenvalue weighted by molar-refractivity contribution is 0.0706. The van der Waals surface area contributed by atoms with Crippen LogP contribution in [0.4, 0.5) is 0 Å². The minimum atomic E-state index is -0.541. The average Bonchev–Trinajstić information content (AvgIpc) is 3.10. The smallest absolute Gasteiger partial charge is 0.313 e. The molecule has 3 aromatic heterocycles. The number of amides is 1. The summed E-state index contributed by atoms with van der Waals surface area (Å²) >= 11 is 0. The van der Waals surface area contributed by atoms with E-state index in [9.17, 15) is 9.90 Å². The quantitative estimate of drug-likeness (QED) is 0.380. The predicted molar refractivity (Wildman–Crippen MR) is 97.2 cm³/mol. The first kappa shape index (κ1) is 16.7. The van der Waals surface area contributed by atoms with Crippen molar-refractivity contribution in [1.29, 1.82) is 0 Å². The van der Waals surface area contributed by atoms with Crippen LogP contribution in [0.5, 0.6) is 6.01 Å². The lowest BCUT2D eigenvalue weighted by Crippen LogP contribution is -2.18. The Morgan fingerprint density at radius 1 is 1.00 bits per heavy atom. The zero-order valence-corrected chi connectivity index (χ0v) is 14.1. The summed E-state index contributed by atoms with van der Waals surface area (Å²) in [5, 5.41) is 18.8. The van der Waals surface area contributed by atoms with Gasteiger partial charge in [-0.15, -0.1) is 0 Å². The zero-order chi connectivity index (χ0) is 18.8. The molecule has 0 spiro atoms. The Hall–Kier alpha value is -3.78. The highest BCUT2D eigenvalue weighted by atomic mass is 16.5. The highest BCUT2D eigenvalue weighted by Gasteiger charge is 2.08. The van der Waals surface area contributed by atoms with Crippen molar-refractivity contribution >= 4 is 16.9 Å². The molecule has 0 bridgehead atoms. The number of aromatic nitrogens is 4. The summed E-state index contributed by atoms with van der Waals surface area (Å²) in [4.78, 5) is 23.5. The van der Waals surface area contributed by atoms with Crippen LogP contribution in [0.2, 0.25) is 0 Å². The van der Waals surface area contributed by atoms with Gasteiger partial charge in [0.2, 0.25) is 0 Å². The maximum absolute atomic E-state index is 11.4. The molecule has 3 heterocycles. The number of aromatic hydroxyl groups is 1. The summed E-state index contributed by atoms with van der Waals surface area (Å²) < 4.78 is 2.01. The van der Waals surface area contributed by atoms with Gasteiger partial charge in [0, 0.05) is 53.4 Å². The fraction of sp³-hybridized carbons (Fsp3) is 0.0526. The molecule has 0 atom stereocenters. The van der Waals surface area contributed by atoms with E-state index >= 15 is 0 Å². The predicted octanol–water partition coefficient (Wildman–Crippen LogP) is 2.37. The number of carbonyl (C=O) groups is 1. The Morgan fingerprint density at radius 3 is 2.41 bits per heavy atom. The van der Waals surface area contributed by atoms with Gasteiger partial charge < -0.3 is 9.67 Å². The Kier molecular flexibility index (Phi) is 4.23. The van der Waals surface area contributed by atoms with E-state index in [1.807, 2.05) is 35.0 Å². The van der Waals surface area contributed by atoms with Gasteiger partial charge in [-0.1, -0.05) is 12.1 Å². The van der Waals surface area contributed by atoms with Gasteiger partial charge in [-0.3, -0.25) is 10.0 Å². The van der Waals surface area contributed by atoms with E-state index in [0.29, 0.717) is 12.1 Å². The van der Waals surface area contributed by atoms with Gasteiger partial charge in [0.1, 0.15) is 5.65 Å². The van der Waals surface area contributed by atoms with Crippen LogP contribution in [0.3, 0.4) is 0 Å². The molecule has 0 aliphatic rings. The SMILES string of the molecule is O=C(NO)c1ccc(Cn2ccc3cc(-c4cnc(O)nc4)cnc32)cc1. The molecule has 0 unspecified atom stereocenters. The van der Waals surface area contributed by atoms with Crippen LogP contribution in [0, 0.1) is 0 Å². The molecule has 0 aliphatic heterocycles. The molecule has 134 valence electrons. The van der Waals surface area contributed by atoms with Crippen molar-refractivity contribution in [3.63, 3.8) is 0 Å². The average molecular weight is 361 g/mol. The second kappa shape index (κ2) is 6.85. The first-order chi connectivity index (χ1) is 13.1. The van der Waals surface area contributed by atoms with Crippen LogP contribution in [-0.4, -0.2) is 35.7 Å². The number of hydrogen-bond acceptors (Lipinski definition) is 6. The van der Waals surface area contributed by atoms with Crippen LogP contribution < -0.4 is 5.48 Å². The van der Waals surface area contributed by atoms with Crippen molar-refractivity contribution < 1.29 is 15.1 Å². The number of nitrogens with one attached hydrogen (secondary N) is 1. The minimum Gasteiger partial charge on any atom is -0.479 e. The molecule has 3 N–H and O–H groups in total. The van der Waals surface area contributed by atoms with E-state index in [1.54, 1.807) is 36.2 Å². The van der Waals surface area contributed by atoms with Crippen LogP contribution >= 0.6 is 0 Å². The Balaban J connectivity index is 1.60. The number of rotatable bonds is 4. The van der Waals surface area contributed by atoms with Crippen molar-refractivity contribution in [2.75, 3.05) is 0 Å². The first-order valence-electron chi connectivity index (χ1n) is 8.14. The number of carbonyl (C=O) groups excluding carboxylic acids is 1. The summed E-state index contributed by atoms with van der Waals surface area (Å²) in [5.74, 6) is -0.541. The molecule has 4 rings (SSSR count). The number of hydroxylamine groups is 1. The highest BCUT2D eigenvalue weighted by Crippen LogP contribution is 2.23. The third kappa shape index (κ3) is 3.33. The van der Waals surface area contributed by atoms with Gasteiger partial charge in [-0.25, -0.2) is 20.4 Å². The number of nitrogens with zero attached hydrogens (tertiary/aromatic N) is 4. The fourth-order valence-corrected chi connectivity index (χ4v) is 2.86. The van der Waals surface area contributed by atoms with E-state index in [1.165, 1.54) is 0 Å². The summed E-state index contributed by atoms with van der Waals surface area (Å²) in [7, 11) is 0. The maximum Gasteiger partial charge on any atom is 0.313 e. The second-order valence-electron chi connectivity index (χ2n) is 5.99. The maximum atomic E-state index is 11.4. The zero-order valence-electron chi connectivity index (χ0n) is 14.1. The first-order valence-corrected chi connectivity index (χ1v) is 8.14. The third-order valence-electron chi connectivity index (χ3n) is 4.24. The van der Waals surface area contributed by atoms with Gasteiger partial charge in [-0.2, -0.15) is 0 Å². The molecule has 4 aromatic rings. The van der Waals surface area contributed by atoms with Crippen LogP contribution in [0.25, 0.3) is 22.2 Å². The Bertz CT molecular complexity index is 1100. The van der Waals surface area contributed by atoms with E-state index in [4.69, 9.17) is 5.21 Å². The van der Waals surface area contributed by atoms with Crippen molar-refractivity contribution in [2.45, 2.75) is 6.54 Å². The molecule has 0 aliphatic carbocycles. The van der Waals surface area contributed by atoms with E-state index < -0.39 is 5.91 Å². The van der Waals surface area contributed by atoms with Gasteiger partial charge in [0.15, 0.2) is 0 Å². The van der Waals surface area contributed by atoms with Crippen molar-refractivity contribution in [2.24, 2.45) is 0 Å². The molecule has 1 aromatic carbocycles. The van der Waals surface area contributed by atoms with Crippen molar-refractivity contribution in [3.8, 4) is 17.1 Å². The molecule has 27 heavy (non-hydrogen) atoms. The molecule has 0 fully saturated rings.